The minimum Gasteiger partial charge on any atom is -0.389 e. The highest BCUT2D eigenvalue weighted by Crippen LogP contribution is 2.29. The van der Waals surface area contributed by atoms with E-state index in [4.69, 9.17) is 9.47 Å². The van der Waals surface area contributed by atoms with Gasteiger partial charge >= 0.3 is 0 Å². The number of amides is 2. The van der Waals surface area contributed by atoms with Gasteiger partial charge in [0.05, 0.1) is 37.9 Å². The zero-order valence-corrected chi connectivity index (χ0v) is 16.5. The van der Waals surface area contributed by atoms with Crippen LogP contribution >= 0.6 is 0 Å². The van der Waals surface area contributed by atoms with Crippen LogP contribution in [0.4, 0.5) is 0 Å². The molecule has 29 heavy (non-hydrogen) atoms. The van der Waals surface area contributed by atoms with E-state index in [0.717, 1.165) is 12.8 Å². The number of pyridine rings is 1. The summed E-state index contributed by atoms with van der Waals surface area (Å²) in [5, 5.41) is 13.3. The lowest BCUT2D eigenvalue weighted by atomic mass is 9.92. The third kappa shape index (κ3) is 4.94. The summed E-state index contributed by atoms with van der Waals surface area (Å²) in [5.41, 5.74) is 0.349. The fourth-order valence-corrected chi connectivity index (χ4v) is 4.26. The monoisotopic (exact) mass is 403 g/mol. The minimum atomic E-state index is -0.755. The number of aliphatic hydroxyl groups is 1. The standard InChI is InChI=1S/C21H29N3O5/c25-15-11-24(21(27)17-6-1-2-9-22-17)18-8-7-16(29-19(18)13-28-12-15)10-20(26)23-14-4-3-5-14/h1-2,6,9,14-16,18-19,25H,3-5,7-8,10-13H2,(H,23,26)/t15-,16+,18-,19+/m0/s1. The van der Waals surface area contributed by atoms with Gasteiger partial charge in [0.15, 0.2) is 0 Å². The zero-order chi connectivity index (χ0) is 20.2. The lowest BCUT2D eigenvalue weighted by molar-refractivity contribution is -0.151. The van der Waals surface area contributed by atoms with E-state index in [1.54, 1.807) is 29.3 Å². The van der Waals surface area contributed by atoms with Gasteiger partial charge in [0.1, 0.15) is 11.8 Å². The van der Waals surface area contributed by atoms with E-state index >= 15 is 0 Å². The van der Waals surface area contributed by atoms with E-state index in [-0.39, 0.29) is 49.8 Å². The van der Waals surface area contributed by atoms with Crippen LogP contribution in [0.2, 0.25) is 0 Å². The number of nitrogens with one attached hydrogen (secondary N) is 1. The molecule has 8 heteroatoms. The average molecular weight is 403 g/mol. The maximum absolute atomic E-state index is 13.1. The normalized spacial score (nSPS) is 30.4. The van der Waals surface area contributed by atoms with Crippen molar-refractivity contribution in [1.82, 2.24) is 15.2 Å². The van der Waals surface area contributed by atoms with Crippen LogP contribution in [0.3, 0.4) is 0 Å². The summed E-state index contributed by atoms with van der Waals surface area (Å²) >= 11 is 0. The number of hydrogen-bond donors (Lipinski definition) is 2. The number of carbonyl (C=O) groups excluding carboxylic acids is 2. The SMILES string of the molecule is O=C(C[C@H]1CC[C@H]2[C@@H](COC[C@@H](O)CN2C(=O)c2ccccn2)O1)NC1CCC1. The molecule has 0 aromatic carbocycles. The van der Waals surface area contributed by atoms with Crippen molar-refractivity contribution in [3.8, 4) is 0 Å². The van der Waals surface area contributed by atoms with Gasteiger partial charge in [-0.05, 0) is 44.2 Å². The van der Waals surface area contributed by atoms with Crippen LogP contribution in [-0.4, -0.2) is 77.0 Å². The van der Waals surface area contributed by atoms with Crippen molar-refractivity contribution in [2.75, 3.05) is 19.8 Å². The quantitative estimate of drug-likeness (QED) is 0.774. The predicted octanol–water partition coefficient (Wildman–Crippen LogP) is 0.890. The zero-order valence-electron chi connectivity index (χ0n) is 16.5. The van der Waals surface area contributed by atoms with Crippen LogP contribution in [0.1, 0.15) is 49.0 Å². The second-order valence-electron chi connectivity index (χ2n) is 8.20. The van der Waals surface area contributed by atoms with E-state index in [1.165, 1.54) is 6.42 Å². The van der Waals surface area contributed by atoms with Crippen molar-refractivity contribution >= 4 is 11.8 Å². The fourth-order valence-electron chi connectivity index (χ4n) is 4.26. The van der Waals surface area contributed by atoms with Crippen molar-refractivity contribution in [3.05, 3.63) is 30.1 Å². The van der Waals surface area contributed by atoms with Crippen molar-refractivity contribution in [3.63, 3.8) is 0 Å². The van der Waals surface area contributed by atoms with Crippen LogP contribution in [0.25, 0.3) is 0 Å². The molecular weight excluding hydrogens is 374 g/mol. The molecule has 2 amide bonds. The highest BCUT2D eigenvalue weighted by Gasteiger charge is 2.40. The van der Waals surface area contributed by atoms with E-state index < -0.39 is 6.10 Å². The molecule has 1 aliphatic carbocycles. The molecule has 1 aromatic heterocycles. The molecule has 1 aromatic rings. The molecule has 2 N–H and O–H groups in total. The second kappa shape index (κ2) is 9.19. The Hall–Kier alpha value is -2.03. The largest absolute Gasteiger partial charge is 0.389 e. The van der Waals surface area contributed by atoms with Crippen molar-refractivity contribution < 1.29 is 24.2 Å². The Kier molecular flexibility index (Phi) is 6.42. The molecule has 0 bridgehead atoms. The number of nitrogens with zero attached hydrogens (tertiary/aromatic N) is 2. The first-order valence-corrected chi connectivity index (χ1v) is 10.5. The number of aromatic nitrogens is 1. The molecule has 4 rings (SSSR count). The van der Waals surface area contributed by atoms with Gasteiger partial charge in [-0.25, -0.2) is 0 Å². The third-order valence-electron chi connectivity index (χ3n) is 6.01. The molecule has 0 radical (unpaired) electrons. The molecule has 0 unspecified atom stereocenters. The average Bonchev–Trinajstić information content (AvgIpc) is 2.68. The molecule has 2 aliphatic heterocycles. The Bertz CT molecular complexity index is 712. The molecular formula is C21H29N3O5. The second-order valence-corrected chi connectivity index (χ2v) is 8.20. The van der Waals surface area contributed by atoms with Gasteiger partial charge in [-0.15, -0.1) is 0 Å². The lowest BCUT2D eigenvalue weighted by Gasteiger charge is -2.44. The van der Waals surface area contributed by atoms with Crippen LogP contribution in [0, 0.1) is 0 Å². The topological polar surface area (TPSA) is 101 Å². The maximum Gasteiger partial charge on any atom is 0.272 e. The summed E-state index contributed by atoms with van der Waals surface area (Å²) in [4.78, 5) is 31.2. The minimum absolute atomic E-state index is 0.0294. The number of fused-ring (bicyclic) bond motifs is 1. The molecule has 4 atom stereocenters. The van der Waals surface area contributed by atoms with Gasteiger partial charge in [-0.3, -0.25) is 14.6 Å². The maximum atomic E-state index is 13.1. The number of hydrogen-bond acceptors (Lipinski definition) is 6. The number of ether oxygens (including phenoxy) is 2. The van der Waals surface area contributed by atoms with E-state index in [2.05, 4.69) is 10.3 Å². The summed E-state index contributed by atoms with van der Waals surface area (Å²) in [5.74, 6) is -0.187. The molecule has 3 fully saturated rings. The molecule has 8 nitrogen and oxygen atoms in total. The number of rotatable bonds is 4. The number of β-amino-alcohol motifs (C(OH)–C–C–N with tert-alkyl or cyclic N) is 1. The first kappa shape index (κ1) is 20.3. The summed E-state index contributed by atoms with van der Waals surface area (Å²) in [6, 6.07) is 5.31. The van der Waals surface area contributed by atoms with Crippen molar-refractivity contribution in [1.29, 1.82) is 0 Å². The lowest BCUT2D eigenvalue weighted by Crippen LogP contribution is -2.57. The van der Waals surface area contributed by atoms with Gasteiger partial charge < -0.3 is 24.8 Å². The number of aliphatic hydroxyl groups excluding tert-OH is 1. The Morgan fingerprint density at radius 2 is 2.07 bits per heavy atom. The number of carbonyl (C=O) groups is 2. The van der Waals surface area contributed by atoms with Gasteiger partial charge in [0.2, 0.25) is 5.91 Å². The highest BCUT2D eigenvalue weighted by atomic mass is 16.5. The fraction of sp³-hybridized carbons (Fsp3) is 0.667. The summed E-state index contributed by atoms with van der Waals surface area (Å²) in [6.45, 7) is 0.604. The van der Waals surface area contributed by atoms with Crippen molar-refractivity contribution in [2.45, 2.75) is 68.9 Å². The van der Waals surface area contributed by atoms with Crippen molar-refractivity contribution in [2.24, 2.45) is 0 Å². The molecule has 2 saturated heterocycles. The first-order valence-electron chi connectivity index (χ1n) is 10.5. The summed E-state index contributed by atoms with van der Waals surface area (Å²) in [6.07, 6.45) is 5.32. The van der Waals surface area contributed by atoms with E-state index in [9.17, 15) is 14.7 Å². The third-order valence-corrected chi connectivity index (χ3v) is 6.01. The predicted molar refractivity (Wildman–Crippen MR) is 104 cm³/mol. The van der Waals surface area contributed by atoms with Crippen LogP contribution in [-0.2, 0) is 14.3 Å². The van der Waals surface area contributed by atoms with Crippen LogP contribution in [0.5, 0.6) is 0 Å². The molecule has 158 valence electrons. The first-order chi connectivity index (χ1) is 14.1. The van der Waals surface area contributed by atoms with Crippen LogP contribution < -0.4 is 5.32 Å². The Balaban J connectivity index is 1.42. The van der Waals surface area contributed by atoms with Gasteiger partial charge in [-0.2, -0.15) is 0 Å². The smallest absolute Gasteiger partial charge is 0.272 e. The highest BCUT2D eigenvalue weighted by molar-refractivity contribution is 5.92. The van der Waals surface area contributed by atoms with E-state index in [0.29, 0.717) is 31.0 Å². The Morgan fingerprint density at radius 1 is 1.21 bits per heavy atom. The molecule has 3 aliphatic rings. The molecule has 0 spiro atoms. The van der Waals surface area contributed by atoms with Crippen LogP contribution in [0.15, 0.2) is 24.4 Å². The van der Waals surface area contributed by atoms with Gasteiger partial charge in [0.25, 0.3) is 5.91 Å². The summed E-state index contributed by atoms with van der Waals surface area (Å²) < 4.78 is 11.8. The van der Waals surface area contributed by atoms with Gasteiger partial charge in [-0.1, -0.05) is 6.07 Å². The molecule has 1 saturated carbocycles. The molecule has 3 heterocycles. The van der Waals surface area contributed by atoms with Gasteiger partial charge in [0, 0.05) is 18.8 Å². The Labute approximate surface area is 170 Å². The Morgan fingerprint density at radius 3 is 2.79 bits per heavy atom. The van der Waals surface area contributed by atoms with E-state index in [1.807, 2.05) is 0 Å². The summed E-state index contributed by atoms with van der Waals surface area (Å²) in [7, 11) is 0.